The Kier molecular flexibility index (Phi) is 7.38. The Morgan fingerprint density at radius 1 is 1.09 bits per heavy atom. The molecule has 0 amide bonds. The van der Waals surface area contributed by atoms with Crippen molar-refractivity contribution >= 4 is 11.5 Å². The lowest BCUT2D eigenvalue weighted by Gasteiger charge is -2.23. The summed E-state index contributed by atoms with van der Waals surface area (Å²) in [5, 5.41) is 6.64. The van der Waals surface area contributed by atoms with E-state index in [1.165, 1.54) is 6.07 Å². The van der Waals surface area contributed by atoms with Gasteiger partial charge < -0.3 is 15.4 Å². The van der Waals surface area contributed by atoms with Crippen molar-refractivity contribution in [3.8, 4) is 5.75 Å². The molecule has 0 bridgehead atoms. The average molecular weight is 458 g/mol. The highest BCUT2D eigenvalue weighted by atomic mass is 19.4. The Hall–Kier alpha value is -2.80. The van der Waals surface area contributed by atoms with Crippen molar-refractivity contribution in [2.75, 3.05) is 19.7 Å². The number of benzene rings is 2. The SMILES string of the molecule is CCCOc1ccc(CCc2ccc(C3=CCN=C(C4CCCN4)N3)cc2C(F)(F)F)cc1. The average Bonchev–Trinajstić information content (AvgIpc) is 3.37. The van der Waals surface area contributed by atoms with Gasteiger partial charge >= 0.3 is 6.18 Å². The molecule has 7 heteroatoms. The standard InChI is InChI=1S/C26H30F3N3O/c1-2-16-33-21-11-6-18(7-12-21)5-8-19-9-10-20(17-22(19)26(27,28)29)23-13-15-31-25(32-23)24-4-3-14-30-24/h6-7,9-13,17,24,30H,2-5,8,14-16H2,1H3,(H,31,32). The first-order valence-corrected chi connectivity index (χ1v) is 11.6. The number of ether oxygens (including phenoxy) is 1. The van der Waals surface area contributed by atoms with E-state index in [0.29, 0.717) is 42.8 Å². The minimum atomic E-state index is -4.41. The first-order valence-electron chi connectivity index (χ1n) is 11.6. The van der Waals surface area contributed by atoms with Gasteiger partial charge in [-0.25, -0.2) is 0 Å². The quantitative estimate of drug-likeness (QED) is 0.560. The maximum atomic E-state index is 13.9. The van der Waals surface area contributed by atoms with Gasteiger partial charge in [0.1, 0.15) is 11.6 Å². The van der Waals surface area contributed by atoms with Crippen molar-refractivity contribution < 1.29 is 17.9 Å². The summed E-state index contributed by atoms with van der Waals surface area (Å²) in [6.07, 6.45) is 1.26. The van der Waals surface area contributed by atoms with Crippen molar-refractivity contribution in [3.63, 3.8) is 0 Å². The highest BCUT2D eigenvalue weighted by molar-refractivity contribution is 5.96. The van der Waals surface area contributed by atoms with Crippen LogP contribution in [0.2, 0.25) is 0 Å². The van der Waals surface area contributed by atoms with Crippen molar-refractivity contribution in [1.29, 1.82) is 0 Å². The lowest BCUT2D eigenvalue weighted by Crippen LogP contribution is -2.41. The number of halogens is 3. The van der Waals surface area contributed by atoms with E-state index < -0.39 is 11.7 Å². The molecule has 0 saturated carbocycles. The van der Waals surface area contributed by atoms with Gasteiger partial charge in [-0.3, -0.25) is 4.99 Å². The molecule has 1 saturated heterocycles. The third kappa shape index (κ3) is 5.96. The number of rotatable bonds is 8. The van der Waals surface area contributed by atoms with Gasteiger partial charge in [-0.05, 0) is 79.6 Å². The first-order chi connectivity index (χ1) is 15.9. The van der Waals surface area contributed by atoms with E-state index in [0.717, 1.165) is 43.0 Å². The molecule has 1 atom stereocenters. The van der Waals surface area contributed by atoms with Crippen LogP contribution < -0.4 is 15.4 Å². The summed E-state index contributed by atoms with van der Waals surface area (Å²) < 4.78 is 47.3. The summed E-state index contributed by atoms with van der Waals surface area (Å²) in [5.74, 6) is 1.60. The summed E-state index contributed by atoms with van der Waals surface area (Å²) in [7, 11) is 0. The molecule has 4 rings (SSSR count). The smallest absolute Gasteiger partial charge is 0.416 e. The number of aliphatic imine (C=N–C) groups is 1. The monoisotopic (exact) mass is 457 g/mol. The van der Waals surface area contributed by atoms with E-state index in [1.54, 1.807) is 12.1 Å². The molecule has 0 aliphatic carbocycles. The highest BCUT2D eigenvalue weighted by Gasteiger charge is 2.34. The van der Waals surface area contributed by atoms with Crippen LogP contribution in [-0.2, 0) is 19.0 Å². The maximum absolute atomic E-state index is 13.9. The van der Waals surface area contributed by atoms with E-state index in [-0.39, 0.29) is 6.04 Å². The summed E-state index contributed by atoms with van der Waals surface area (Å²) in [6.45, 7) is 4.09. The molecule has 4 nitrogen and oxygen atoms in total. The Morgan fingerprint density at radius 3 is 2.61 bits per heavy atom. The number of amidine groups is 1. The molecular weight excluding hydrogens is 427 g/mol. The fourth-order valence-electron chi connectivity index (χ4n) is 4.25. The summed E-state index contributed by atoms with van der Waals surface area (Å²) in [6, 6.07) is 12.4. The minimum absolute atomic E-state index is 0.147. The number of hydrogen-bond donors (Lipinski definition) is 2. The number of nitrogens with one attached hydrogen (secondary N) is 2. The van der Waals surface area contributed by atoms with E-state index in [4.69, 9.17) is 4.74 Å². The molecule has 2 aromatic carbocycles. The van der Waals surface area contributed by atoms with Gasteiger partial charge in [0.2, 0.25) is 0 Å². The predicted octanol–water partition coefficient (Wildman–Crippen LogP) is 5.37. The molecule has 1 fully saturated rings. The van der Waals surface area contributed by atoms with Crippen LogP contribution >= 0.6 is 0 Å². The second-order valence-corrected chi connectivity index (χ2v) is 8.48. The van der Waals surface area contributed by atoms with Crippen molar-refractivity contribution in [3.05, 3.63) is 70.8 Å². The molecule has 1 unspecified atom stereocenters. The zero-order valence-corrected chi connectivity index (χ0v) is 18.8. The minimum Gasteiger partial charge on any atom is -0.494 e. The van der Waals surface area contributed by atoms with Gasteiger partial charge in [-0.1, -0.05) is 31.2 Å². The summed E-state index contributed by atoms with van der Waals surface area (Å²) >= 11 is 0. The van der Waals surface area contributed by atoms with Crippen LogP contribution in [0.1, 0.15) is 48.4 Å². The Bertz CT molecular complexity index is 1010. The van der Waals surface area contributed by atoms with E-state index in [9.17, 15) is 13.2 Å². The molecule has 2 aliphatic heterocycles. The molecule has 2 aliphatic rings. The third-order valence-corrected chi connectivity index (χ3v) is 6.02. The normalized spacial score (nSPS) is 18.5. The molecule has 0 spiro atoms. The van der Waals surface area contributed by atoms with Crippen LogP contribution in [-0.4, -0.2) is 31.6 Å². The van der Waals surface area contributed by atoms with Gasteiger partial charge in [0.15, 0.2) is 0 Å². The molecular formula is C26H30F3N3O. The fourth-order valence-corrected chi connectivity index (χ4v) is 4.25. The summed E-state index contributed by atoms with van der Waals surface area (Å²) in [5.41, 5.74) is 1.94. The fraction of sp³-hybridized carbons (Fsp3) is 0.423. The molecule has 0 radical (unpaired) electrons. The van der Waals surface area contributed by atoms with Crippen LogP contribution in [0, 0.1) is 0 Å². The highest BCUT2D eigenvalue weighted by Crippen LogP contribution is 2.34. The second kappa shape index (κ2) is 10.4. The van der Waals surface area contributed by atoms with Gasteiger partial charge in [-0.2, -0.15) is 13.2 Å². The van der Waals surface area contributed by atoms with E-state index in [1.807, 2.05) is 37.3 Å². The first kappa shape index (κ1) is 23.4. The van der Waals surface area contributed by atoms with Gasteiger partial charge in [0.05, 0.1) is 24.8 Å². The molecule has 2 heterocycles. The molecule has 33 heavy (non-hydrogen) atoms. The third-order valence-electron chi connectivity index (χ3n) is 6.02. The zero-order valence-electron chi connectivity index (χ0n) is 18.8. The topological polar surface area (TPSA) is 45.6 Å². The van der Waals surface area contributed by atoms with Crippen molar-refractivity contribution in [2.24, 2.45) is 4.99 Å². The van der Waals surface area contributed by atoms with Gasteiger partial charge in [0.25, 0.3) is 0 Å². The van der Waals surface area contributed by atoms with Crippen molar-refractivity contribution in [1.82, 2.24) is 10.6 Å². The molecule has 2 N–H and O–H groups in total. The van der Waals surface area contributed by atoms with E-state index >= 15 is 0 Å². The summed E-state index contributed by atoms with van der Waals surface area (Å²) in [4.78, 5) is 4.50. The molecule has 176 valence electrons. The Labute approximate surface area is 193 Å². The van der Waals surface area contributed by atoms with Gasteiger partial charge in [-0.15, -0.1) is 0 Å². The molecule has 2 aromatic rings. The van der Waals surface area contributed by atoms with Crippen LogP contribution in [0.25, 0.3) is 5.70 Å². The number of nitrogens with zero attached hydrogens (tertiary/aromatic N) is 1. The number of hydrogen-bond acceptors (Lipinski definition) is 4. The second-order valence-electron chi connectivity index (χ2n) is 8.48. The predicted molar refractivity (Wildman–Crippen MR) is 126 cm³/mol. The van der Waals surface area contributed by atoms with Crippen LogP contribution in [0.5, 0.6) is 5.75 Å². The lowest BCUT2D eigenvalue weighted by molar-refractivity contribution is -0.138. The maximum Gasteiger partial charge on any atom is 0.416 e. The van der Waals surface area contributed by atoms with Gasteiger partial charge in [0, 0.05) is 5.70 Å². The molecule has 0 aromatic heterocycles. The number of alkyl halides is 3. The zero-order chi connectivity index (χ0) is 23.3. The number of aryl methyl sites for hydroxylation is 2. The van der Waals surface area contributed by atoms with Crippen molar-refractivity contribution in [2.45, 2.75) is 51.2 Å². The Morgan fingerprint density at radius 2 is 1.91 bits per heavy atom. The largest absolute Gasteiger partial charge is 0.494 e. The Balaban J connectivity index is 1.47. The lowest BCUT2D eigenvalue weighted by atomic mass is 9.96. The van der Waals surface area contributed by atoms with E-state index in [2.05, 4.69) is 15.6 Å². The van der Waals surface area contributed by atoms with Crippen LogP contribution in [0.3, 0.4) is 0 Å². The van der Waals surface area contributed by atoms with Crippen LogP contribution in [0.15, 0.2) is 53.5 Å². The van der Waals surface area contributed by atoms with Crippen LogP contribution in [0.4, 0.5) is 13.2 Å².